The Bertz CT molecular complexity index is 416. The molecule has 0 heterocycles. The van der Waals surface area contributed by atoms with Gasteiger partial charge in [0.15, 0.2) is 0 Å². The highest BCUT2D eigenvalue weighted by molar-refractivity contribution is 5.64. The maximum absolute atomic E-state index is 9.11. The minimum absolute atomic E-state index is 0.250. The van der Waals surface area contributed by atoms with E-state index in [0.29, 0.717) is 0 Å². The number of carbonyl (C=O) groups is 1. The van der Waals surface area contributed by atoms with Gasteiger partial charge in [-0.05, 0) is 35.4 Å². The highest BCUT2D eigenvalue weighted by atomic mass is 16.3. The molecule has 0 spiro atoms. The predicted octanol–water partition coefficient (Wildman–Crippen LogP) is 2.47. The van der Waals surface area contributed by atoms with Crippen LogP contribution in [0.4, 0.5) is 0 Å². The van der Waals surface area contributed by atoms with Gasteiger partial charge in [0, 0.05) is 0 Å². The van der Waals surface area contributed by atoms with Crippen LogP contribution < -0.4 is 0 Å². The first-order valence-corrected chi connectivity index (χ1v) is 4.83. The summed E-state index contributed by atoms with van der Waals surface area (Å²) >= 11 is 0. The SMILES string of the molecule is O=CO.Oc1ccc(-c2ccc(O)cc2)cc1. The molecule has 0 aliphatic carbocycles. The van der Waals surface area contributed by atoms with Crippen molar-refractivity contribution in [1.29, 1.82) is 0 Å². The summed E-state index contributed by atoms with van der Waals surface area (Å²) in [6.45, 7) is -0.250. The van der Waals surface area contributed by atoms with Crippen molar-refractivity contribution in [2.45, 2.75) is 0 Å². The van der Waals surface area contributed by atoms with Gasteiger partial charge in [-0.15, -0.1) is 0 Å². The molecule has 0 amide bonds. The molecule has 0 saturated heterocycles. The van der Waals surface area contributed by atoms with Crippen LogP contribution in [0.15, 0.2) is 48.5 Å². The van der Waals surface area contributed by atoms with Gasteiger partial charge in [-0.1, -0.05) is 24.3 Å². The fraction of sp³-hybridized carbons (Fsp3) is 0. The van der Waals surface area contributed by atoms with E-state index < -0.39 is 0 Å². The fourth-order valence-corrected chi connectivity index (χ4v) is 1.31. The number of carboxylic acid groups (broad SMARTS) is 1. The van der Waals surface area contributed by atoms with Crippen molar-refractivity contribution in [3.8, 4) is 22.6 Å². The Hall–Kier alpha value is -2.49. The van der Waals surface area contributed by atoms with Crippen LogP contribution in [0.3, 0.4) is 0 Å². The lowest BCUT2D eigenvalue weighted by Gasteiger charge is -2.01. The summed E-state index contributed by atoms with van der Waals surface area (Å²) < 4.78 is 0. The first-order chi connectivity index (χ1) is 8.17. The van der Waals surface area contributed by atoms with Gasteiger partial charge >= 0.3 is 0 Å². The Balaban J connectivity index is 0.000000437. The summed E-state index contributed by atoms with van der Waals surface area (Å²) in [6, 6.07) is 13.9. The number of phenols is 2. The molecule has 3 N–H and O–H groups in total. The van der Waals surface area contributed by atoms with Crippen molar-refractivity contribution < 1.29 is 20.1 Å². The van der Waals surface area contributed by atoms with Crippen molar-refractivity contribution in [1.82, 2.24) is 0 Å². The van der Waals surface area contributed by atoms with Crippen molar-refractivity contribution in [2.75, 3.05) is 0 Å². The van der Waals surface area contributed by atoms with E-state index in [1.165, 1.54) is 0 Å². The highest BCUT2D eigenvalue weighted by Gasteiger charge is 1.96. The van der Waals surface area contributed by atoms with Crippen LogP contribution in [0.2, 0.25) is 0 Å². The molecule has 17 heavy (non-hydrogen) atoms. The Morgan fingerprint density at radius 3 is 1.18 bits per heavy atom. The third kappa shape index (κ3) is 3.87. The first kappa shape index (κ1) is 12.6. The standard InChI is InChI=1S/C12H10O2.CH2O2/c13-11-5-1-9(2-6-11)10-3-7-12(14)8-4-10;2-1-3/h1-8,13-14H;1H,(H,2,3). The maximum Gasteiger partial charge on any atom is 0.290 e. The molecule has 0 fully saturated rings. The lowest BCUT2D eigenvalue weighted by molar-refractivity contribution is -0.122. The van der Waals surface area contributed by atoms with Gasteiger partial charge in [0.05, 0.1) is 0 Å². The quantitative estimate of drug-likeness (QED) is 0.660. The van der Waals surface area contributed by atoms with Gasteiger partial charge in [0.25, 0.3) is 6.47 Å². The summed E-state index contributed by atoms with van der Waals surface area (Å²) in [7, 11) is 0. The number of hydrogen-bond donors (Lipinski definition) is 3. The van der Waals surface area contributed by atoms with Crippen LogP contribution in [-0.2, 0) is 4.79 Å². The Morgan fingerprint density at radius 2 is 0.941 bits per heavy atom. The monoisotopic (exact) mass is 232 g/mol. The fourth-order valence-electron chi connectivity index (χ4n) is 1.31. The summed E-state index contributed by atoms with van der Waals surface area (Å²) in [5.41, 5.74) is 2.03. The van der Waals surface area contributed by atoms with Crippen molar-refractivity contribution in [3.05, 3.63) is 48.5 Å². The van der Waals surface area contributed by atoms with Crippen molar-refractivity contribution in [3.63, 3.8) is 0 Å². The van der Waals surface area contributed by atoms with Crippen LogP contribution in [0.1, 0.15) is 0 Å². The molecule has 0 atom stereocenters. The molecule has 0 unspecified atom stereocenters. The molecule has 2 aromatic rings. The zero-order valence-corrected chi connectivity index (χ0v) is 8.95. The molecule has 0 aliphatic heterocycles. The van der Waals surface area contributed by atoms with Crippen LogP contribution in [-0.4, -0.2) is 21.8 Å². The zero-order chi connectivity index (χ0) is 12.7. The van der Waals surface area contributed by atoms with Crippen molar-refractivity contribution >= 4 is 6.47 Å². The van der Waals surface area contributed by atoms with Crippen LogP contribution in [0, 0.1) is 0 Å². The largest absolute Gasteiger partial charge is 0.508 e. The number of aromatic hydroxyl groups is 2. The van der Waals surface area contributed by atoms with Gasteiger partial charge in [-0.25, -0.2) is 0 Å². The molecule has 0 saturated carbocycles. The van der Waals surface area contributed by atoms with E-state index in [1.54, 1.807) is 24.3 Å². The van der Waals surface area contributed by atoms with E-state index in [2.05, 4.69) is 0 Å². The first-order valence-electron chi connectivity index (χ1n) is 4.83. The van der Waals surface area contributed by atoms with Gasteiger partial charge in [-0.3, -0.25) is 4.79 Å². The number of phenolic OH excluding ortho intramolecular Hbond substituents is 2. The zero-order valence-electron chi connectivity index (χ0n) is 8.95. The van der Waals surface area contributed by atoms with Crippen LogP contribution in [0.5, 0.6) is 11.5 Å². The second-order valence-electron chi connectivity index (χ2n) is 3.20. The van der Waals surface area contributed by atoms with E-state index in [0.717, 1.165) is 11.1 Å². The second-order valence-corrected chi connectivity index (χ2v) is 3.20. The summed E-state index contributed by atoms with van der Waals surface area (Å²) in [5.74, 6) is 0.514. The molecule has 0 bridgehead atoms. The summed E-state index contributed by atoms with van der Waals surface area (Å²) in [5, 5.41) is 25.1. The van der Waals surface area contributed by atoms with E-state index in [4.69, 9.17) is 20.1 Å². The Labute approximate surface area is 98.4 Å². The minimum Gasteiger partial charge on any atom is -0.508 e. The Morgan fingerprint density at radius 1 is 0.706 bits per heavy atom. The predicted molar refractivity (Wildman–Crippen MR) is 63.9 cm³/mol. The smallest absolute Gasteiger partial charge is 0.290 e. The molecule has 88 valence electrons. The average molecular weight is 232 g/mol. The summed E-state index contributed by atoms with van der Waals surface area (Å²) in [6.07, 6.45) is 0. The molecule has 0 aliphatic rings. The van der Waals surface area contributed by atoms with Crippen molar-refractivity contribution in [2.24, 2.45) is 0 Å². The third-order valence-corrected chi connectivity index (χ3v) is 2.07. The number of hydrogen-bond acceptors (Lipinski definition) is 3. The number of rotatable bonds is 1. The molecular formula is C13H12O4. The topological polar surface area (TPSA) is 77.8 Å². The third-order valence-electron chi connectivity index (χ3n) is 2.07. The molecule has 4 nitrogen and oxygen atoms in total. The minimum atomic E-state index is -0.250. The molecule has 4 heteroatoms. The van der Waals surface area contributed by atoms with Crippen LogP contribution >= 0.6 is 0 Å². The maximum atomic E-state index is 9.11. The molecular weight excluding hydrogens is 220 g/mol. The molecule has 0 radical (unpaired) electrons. The van der Waals surface area contributed by atoms with E-state index in [1.807, 2.05) is 24.3 Å². The van der Waals surface area contributed by atoms with E-state index in [9.17, 15) is 0 Å². The van der Waals surface area contributed by atoms with Gasteiger partial charge in [-0.2, -0.15) is 0 Å². The molecule has 2 aromatic carbocycles. The van der Waals surface area contributed by atoms with Gasteiger partial charge in [0.2, 0.25) is 0 Å². The second kappa shape index (κ2) is 6.17. The lowest BCUT2D eigenvalue weighted by Crippen LogP contribution is -1.75. The summed E-state index contributed by atoms with van der Waals surface area (Å²) in [4.78, 5) is 8.36. The van der Waals surface area contributed by atoms with Gasteiger partial charge in [0.1, 0.15) is 11.5 Å². The molecule has 0 aromatic heterocycles. The lowest BCUT2D eigenvalue weighted by atomic mass is 10.1. The van der Waals surface area contributed by atoms with Crippen LogP contribution in [0.25, 0.3) is 11.1 Å². The highest BCUT2D eigenvalue weighted by Crippen LogP contribution is 2.23. The van der Waals surface area contributed by atoms with Gasteiger partial charge < -0.3 is 15.3 Å². The van der Waals surface area contributed by atoms with E-state index in [-0.39, 0.29) is 18.0 Å². The molecule has 2 rings (SSSR count). The number of benzene rings is 2. The Kier molecular flexibility index (Phi) is 4.57. The van der Waals surface area contributed by atoms with E-state index >= 15 is 0 Å². The normalized spacial score (nSPS) is 8.94. The average Bonchev–Trinajstić information content (AvgIpc) is 2.32.